The summed E-state index contributed by atoms with van der Waals surface area (Å²) in [6.07, 6.45) is 5.69. The summed E-state index contributed by atoms with van der Waals surface area (Å²) < 4.78 is 5.30. The van der Waals surface area contributed by atoms with Crippen LogP contribution in [0.5, 0.6) is 5.75 Å². The summed E-state index contributed by atoms with van der Waals surface area (Å²) in [4.78, 5) is 18.9. The third kappa shape index (κ3) is 2.49. The van der Waals surface area contributed by atoms with Gasteiger partial charge in [0, 0.05) is 18.8 Å². The van der Waals surface area contributed by atoms with E-state index in [1.807, 2.05) is 31.2 Å². The zero-order valence-corrected chi connectivity index (χ0v) is 11.6. The standard InChI is InChI=1S/C16H16N2O2.CH4/c1-10-4-5-12-8-17-14-7-15(20-3)11(2)6-13(14)16(19)18(12)9-10;/h4-8,12H,1,9H2,2-3H3;1H4/t12-;/m0./s1. The van der Waals surface area contributed by atoms with E-state index in [4.69, 9.17) is 4.74 Å². The fourth-order valence-electron chi connectivity index (χ4n) is 2.54. The summed E-state index contributed by atoms with van der Waals surface area (Å²) in [6.45, 7) is 6.39. The van der Waals surface area contributed by atoms with Crippen molar-refractivity contribution in [2.45, 2.75) is 20.4 Å². The van der Waals surface area contributed by atoms with Crippen LogP contribution < -0.4 is 4.74 Å². The van der Waals surface area contributed by atoms with E-state index in [2.05, 4.69) is 11.6 Å². The van der Waals surface area contributed by atoms with Crippen molar-refractivity contribution < 1.29 is 9.53 Å². The first-order chi connectivity index (χ1) is 9.60. The van der Waals surface area contributed by atoms with Crippen LogP contribution in [0.2, 0.25) is 0 Å². The number of rotatable bonds is 1. The molecule has 0 N–H and O–H groups in total. The first kappa shape index (κ1) is 15.0. The highest BCUT2D eigenvalue weighted by atomic mass is 16.5. The lowest BCUT2D eigenvalue weighted by Gasteiger charge is -2.29. The molecule has 4 nitrogen and oxygen atoms in total. The van der Waals surface area contributed by atoms with Crippen molar-refractivity contribution >= 4 is 17.8 Å². The molecule has 0 spiro atoms. The maximum Gasteiger partial charge on any atom is 0.257 e. The van der Waals surface area contributed by atoms with Crippen molar-refractivity contribution in [2.75, 3.05) is 13.7 Å². The van der Waals surface area contributed by atoms with Crippen LogP contribution in [-0.4, -0.2) is 36.7 Å². The van der Waals surface area contributed by atoms with Gasteiger partial charge >= 0.3 is 0 Å². The number of methoxy groups -OCH3 is 1. The van der Waals surface area contributed by atoms with E-state index in [1.165, 1.54) is 0 Å². The highest BCUT2D eigenvalue weighted by Crippen LogP contribution is 2.32. The number of aryl methyl sites for hydroxylation is 1. The fraction of sp³-hybridized carbons (Fsp3) is 0.294. The molecule has 4 heteroatoms. The summed E-state index contributed by atoms with van der Waals surface area (Å²) in [5.41, 5.74) is 3.13. The Kier molecular flexibility index (Phi) is 3.98. The largest absolute Gasteiger partial charge is 0.496 e. The predicted octanol–water partition coefficient (Wildman–Crippen LogP) is 3.29. The molecule has 3 rings (SSSR count). The topological polar surface area (TPSA) is 41.9 Å². The number of hydrogen-bond donors (Lipinski definition) is 0. The molecule has 0 radical (unpaired) electrons. The maximum absolute atomic E-state index is 12.7. The molecule has 2 heterocycles. The number of carbonyl (C=O) groups excluding carboxylic acids is 1. The fourth-order valence-corrected chi connectivity index (χ4v) is 2.54. The number of fused-ring (bicyclic) bond motifs is 2. The first-order valence-electron chi connectivity index (χ1n) is 6.50. The zero-order chi connectivity index (χ0) is 14.3. The van der Waals surface area contributed by atoms with Crippen molar-refractivity contribution in [1.29, 1.82) is 0 Å². The highest BCUT2D eigenvalue weighted by Gasteiger charge is 2.29. The van der Waals surface area contributed by atoms with Crippen LogP contribution in [0.15, 0.2) is 41.4 Å². The number of ether oxygens (including phenoxy) is 1. The Bertz CT molecular complexity index is 659. The molecule has 1 aromatic rings. The van der Waals surface area contributed by atoms with E-state index in [0.29, 0.717) is 17.8 Å². The molecule has 0 saturated heterocycles. The van der Waals surface area contributed by atoms with Crippen molar-refractivity contribution in [3.05, 3.63) is 47.6 Å². The van der Waals surface area contributed by atoms with Crippen LogP contribution in [0.3, 0.4) is 0 Å². The summed E-state index contributed by atoms with van der Waals surface area (Å²) in [5.74, 6) is 0.729. The monoisotopic (exact) mass is 284 g/mol. The van der Waals surface area contributed by atoms with Crippen LogP contribution in [0.4, 0.5) is 5.69 Å². The van der Waals surface area contributed by atoms with Crippen molar-refractivity contribution in [3.8, 4) is 5.75 Å². The van der Waals surface area contributed by atoms with Gasteiger partial charge in [-0.05, 0) is 24.1 Å². The van der Waals surface area contributed by atoms with Gasteiger partial charge in [-0.15, -0.1) is 0 Å². The lowest BCUT2D eigenvalue weighted by atomic mass is 10.0. The Labute approximate surface area is 125 Å². The summed E-state index contributed by atoms with van der Waals surface area (Å²) in [5, 5.41) is 0. The Balaban J connectivity index is 0.00000161. The number of hydrogen-bond acceptors (Lipinski definition) is 3. The van der Waals surface area contributed by atoms with E-state index in [1.54, 1.807) is 18.2 Å². The van der Waals surface area contributed by atoms with Crippen molar-refractivity contribution in [3.63, 3.8) is 0 Å². The lowest BCUT2D eigenvalue weighted by molar-refractivity contribution is 0.0765. The van der Waals surface area contributed by atoms with Gasteiger partial charge in [0.2, 0.25) is 0 Å². The number of amides is 1. The Morgan fingerprint density at radius 3 is 2.90 bits per heavy atom. The number of nitrogens with zero attached hydrogens (tertiary/aromatic N) is 2. The molecule has 1 amide bonds. The van der Waals surface area contributed by atoms with Crippen LogP contribution in [0, 0.1) is 6.92 Å². The highest BCUT2D eigenvalue weighted by molar-refractivity contribution is 6.03. The van der Waals surface area contributed by atoms with E-state index in [0.717, 1.165) is 16.9 Å². The number of carbonyl (C=O) groups is 1. The molecular weight excluding hydrogens is 264 g/mol. The second-order valence-electron chi connectivity index (χ2n) is 5.06. The van der Waals surface area contributed by atoms with Gasteiger partial charge in [-0.3, -0.25) is 9.79 Å². The summed E-state index contributed by atoms with van der Waals surface area (Å²) in [6, 6.07) is 3.56. The minimum absolute atomic E-state index is 0. The van der Waals surface area contributed by atoms with E-state index >= 15 is 0 Å². The molecule has 2 aliphatic heterocycles. The average Bonchev–Trinajstić information content (AvgIpc) is 2.57. The molecule has 0 aliphatic carbocycles. The minimum atomic E-state index is -0.105. The Hall–Kier alpha value is -2.36. The summed E-state index contributed by atoms with van der Waals surface area (Å²) in [7, 11) is 1.62. The van der Waals surface area contributed by atoms with Gasteiger partial charge in [0.05, 0.1) is 24.4 Å². The normalized spacial score (nSPS) is 19.5. The smallest absolute Gasteiger partial charge is 0.257 e. The van der Waals surface area contributed by atoms with Crippen molar-refractivity contribution in [1.82, 2.24) is 4.90 Å². The van der Waals surface area contributed by atoms with Gasteiger partial charge < -0.3 is 9.64 Å². The maximum atomic E-state index is 12.7. The molecule has 0 aromatic heterocycles. The second kappa shape index (κ2) is 5.56. The number of benzene rings is 1. The minimum Gasteiger partial charge on any atom is -0.496 e. The molecule has 0 unspecified atom stereocenters. The van der Waals surface area contributed by atoms with Crippen LogP contribution in [0.25, 0.3) is 0 Å². The first-order valence-corrected chi connectivity index (χ1v) is 6.50. The van der Waals surface area contributed by atoms with Gasteiger partial charge in [0.1, 0.15) is 5.75 Å². The lowest BCUT2D eigenvalue weighted by Crippen LogP contribution is -2.42. The molecule has 0 bridgehead atoms. The van der Waals surface area contributed by atoms with Crippen LogP contribution in [-0.2, 0) is 0 Å². The van der Waals surface area contributed by atoms with Gasteiger partial charge in [-0.25, -0.2) is 0 Å². The van der Waals surface area contributed by atoms with Crippen LogP contribution >= 0.6 is 0 Å². The average molecular weight is 284 g/mol. The predicted molar refractivity (Wildman–Crippen MR) is 85.7 cm³/mol. The molecule has 21 heavy (non-hydrogen) atoms. The second-order valence-corrected chi connectivity index (χ2v) is 5.06. The SMILES string of the molecule is C.C=C1C=C[C@H]2C=Nc3cc(OC)c(C)cc3C(=O)N2C1. The van der Waals surface area contributed by atoms with Crippen LogP contribution in [0.1, 0.15) is 23.3 Å². The van der Waals surface area contributed by atoms with Gasteiger partial charge in [0.15, 0.2) is 0 Å². The Morgan fingerprint density at radius 2 is 2.19 bits per heavy atom. The Morgan fingerprint density at radius 1 is 1.43 bits per heavy atom. The quantitative estimate of drug-likeness (QED) is 0.794. The zero-order valence-electron chi connectivity index (χ0n) is 11.6. The van der Waals surface area contributed by atoms with E-state index in [-0.39, 0.29) is 19.4 Å². The van der Waals surface area contributed by atoms with Gasteiger partial charge in [-0.1, -0.05) is 26.2 Å². The third-order valence-corrected chi connectivity index (χ3v) is 3.63. The van der Waals surface area contributed by atoms with Gasteiger partial charge in [-0.2, -0.15) is 0 Å². The molecular formula is C17H20N2O2. The van der Waals surface area contributed by atoms with Crippen molar-refractivity contribution in [2.24, 2.45) is 4.99 Å². The molecule has 0 saturated carbocycles. The molecule has 110 valence electrons. The van der Waals surface area contributed by atoms with E-state index in [9.17, 15) is 4.79 Å². The third-order valence-electron chi connectivity index (χ3n) is 3.63. The number of aliphatic imine (C=N–C) groups is 1. The molecule has 1 atom stereocenters. The molecule has 0 fully saturated rings. The molecule has 2 aliphatic rings. The molecule has 1 aromatic carbocycles. The van der Waals surface area contributed by atoms with E-state index < -0.39 is 0 Å². The van der Waals surface area contributed by atoms with Gasteiger partial charge in [0.25, 0.3) is 5.91 Å². The summed E-state index contributed by atoms with van der Waals surface area (Å²) >= 11 is 0.